The van der Waals surface area contributed by atoms with Gasteiger partial charge in [0.25, 0.3) is 0 Å². The lowest BCUT2D eigenvalue weighted by atomic mass is 9.81. The molecular weight excluding hydrogens is 240 g/mol. The third-order valence-corrected chi connectivity index (χ3v) is 4.54. The van der Waals surface area contributed by atoms with Gasteiger partial charge in [-0.3, -0.25) is 4.90 Å². The Bertz CT molecular complexity index is 367. The summed E-state index contributed by atoms with van der Waals surface area (Å²) in [6, 6.07) is 2.09. The van der Waals surface area contributed by atoms with Crippen LogP contribution >= 0.6 is 0 Å². The van der Waals surface area contributed by atoms with Crippen molar-refractivity contribution in [3.8, 4) is 0 Å². The Morgan fingerprint density at radius 2 is 2.16 bits per heavy atom. The molecule has 2 aliphatic rings. The molecule has 5 heteroatoms. The van der Waals surface area contributed by atoms with Crippen LogP contribution < -0.4 is 5.32 Å². The van der Waals surface area contributed by atoms with Crippen LogP contribution in [0.2, 0.25) is 0 Å². The average molecular weight is 264 g/mol. The van der Waals surface area contributed by atoms with Crippen LogP contribution in [0.15, 0.2) is 10.9 Å². The van der Waals surface area contributed by atoms with Crippen molar-refractivity contribution < 1.29 is 4.52 Å². The zero-order valence-corrected chi connectivity index (χ0v) is 11.7. The maximum absolute atomic E-state index is 4.85. The molecule has 2 saturated heterocycles. The summed E-state index contributed by atoms with van der Waals surface area (Å²) in [5.74, 6) is 0.830. The van der Waals surface area contributed by atoms with Crippen molar-refractivity contribution in [2.75, 3.05) is 6.54 Å². The average Bonchev–Trinajstić information content (AvgIpc) is 2.89. The van der Waals surface area contributed by atoms with E-state index in [1.54, 1.807) is 0 Å². The Labute approximate surface area is 114 Å². The molecule has 2 aliphatic heterocycles. The molecular formula is C14H24N4O. The highest BCUT2D eigenvalue weighted by Crippen LogP contribution is 2.34. The van der Waals surface area contributed by atoms with Gasteiger partial charge in [0.15, 0.2) is 5.82 Å². The van der Waals surface area contributed by atoms with E-state index in [2.05, 4.69) is 27.3 Å². The number of nitrogens with zero attached hydrogens (tertiary/aromatic N) is 3. The molecule has 106 valence electrons. The van der Waals surface area contributed by atoms with Crippen LogP contribution in [0.1, 0.15) is 51.3 Å². The van der Waals surface area contributed by atoms with Gasteiger partial charge >= 0.3 is 0 Å². The Morgan fingerprint density at radius 1 is 1.37 bits per heavy atom. The van der Waals surface area contributed by atoms with Crippen LogP contribution in [0.4, 0.5) is 0 Å². The van der Waals surface area contributed by atoms with Crippen LogP contribution in [-0.4, -0.2) is 39.7 Å². The third-order valence-electron chi connectivity index (χ3n) is 4.54. The molecule has 1 aromatic rings. The van der Waals surface area contributed by atoms with Gasteiger partial charge in [0.1, 0.15) is 0 Å². The van der Waals surface area contributed by atoms with E-state index >= 15 is 0 Å². The Balaban J connectivity index is 1.63. The number of piperidine rings is 2. The zero-order chi connectivity index (χ0) is 13.1. The van der Waals surface area contributed by atoms with Crippen LogP contribution in [0, 0.1) is 0 Å². The van der Waals surface area contributed by atoms with Gasteiger partial charge in [-0.2, -0.15) is 4.98 Å². The zero-order valence-electron chi connectivity index (χ0n) is 11.7. The number of fused-ring (bicyclic) bond motifs is 2. The van der Waals surface area contributed by atoms with Gasteiger partial charge in [-0.15, -0.1) is 0 Å². The van der Waals surface area contributed by atoms with Crippen molar-refractivity contribution in [1.82, 2.24) is 20.4 Å². The quantitative estimate of drug-likeness (QED) is 0.881. The minimum Gasteiger partial charge on any atom is -0.343 e. The second-order valence-corrected chi connectivity index (χ2v) is 5.88. The predicted molar refractivity (Wildman–Crippen MR) is 72.6 cm³/mol. The number of hydrogen-bond acceptors (Lipinski definition) is 5. The topological polar surface area (TPSA) is 54.2 Å². The Morgan fingerprint density at radius 3 is 2.79 bits per heavy atom. The Hall–Kier alpha value is -0.940. The second kappa shape index (κ2) is 6.01. The smallest absolute Gasteiger partial charge is 0.213 e. The summed E-state index contributed by atoms with van der Waals surface area (Å²) in [6.45, 7) is 4.24. The molecule has 5 nitrogen and oxygen atoms in total. The summed E-state index contributed by atoms with van der Waals surface area (Å²) in [5.41, 5.74) is 0. The van der Waals surface area contributed by atoms with Gasteiger partial charge in [0, 0.05) is 18.1 Å². The molecule has 3 heterocycles. The predicted octanol–water partition coefficient (Wildman–Crippen LogP) is 1.95. The van der Waals surface area contributed by atoms with E-state index in [4.69, 9.17) is 4.52 Å². The van der Waals surface area contributed by atoms with Crippen molar-refractivity contribution in [2.45, 2.75) is 70.1 Å². The van der Waals surface area contributed by atoms with Gasteiger partial charge in [0.2, 0.25) is 6.39 Å². The molecule has 0 aliphatic carbocycles. The lowest BCUT2D eigenvalue weighted by molar-refractivity contribution is 0.0153. The molecule has 2 fully saturated rings. The summed E-state index contributed by atoms with van der Waals surface area (Å²) in [5, 5.41) is 7.67. The monoisotopic (exact) mass is 264 g/mol. The van der Waals surface area contributed by atoms with E-state index in [-0.39, 0.29) is 0 Å². The molecule has 1 N–H and O–H groups in total. The van der Waals surface area contributed by atoms with Crippen LogP contribution in [0.25, 0.3) is 0 Å². The number of hydrogen-bond donors (Lipinski definition) is 1. The molecule has 0 spiro atoms. The molecule has 19 heavy (non-hydrogen) atoms. The van der Waals surface area contributed by atoms with Gasteiger partial charge in [-0.1, -0.05) is 18.5 Å². The molecule has 0 amide bonds. The van der Waals surface area contributed by atoms with Crippen molar-refractivity contribution in [3.63, 3.8) is 0 Å². The number of rotatable bonds is 5. The standard InChI is InChI=1S/C14H24N4O/c1-2-6-15-11-7-12-4-3-5-13(8-11)18(12)9-14-16-10-19-17-14/h10-13,15H,2-9H2,1H3. The summed E-state index contributed by atoms with van der Waals surface area (Å²) >= 11 is 0. The minimum absolute atomic E-state index is 0.695. The summed E-state index contributed by atoms with van der Waals surface area (Å²) in [6.07, 6.45) is 9.21. The molecule has 2 bridgehead atoms. The SMILES string of the molecule is CCCNC1CC2CCCC(C1)N2Cc1ncon1. The molecule has 0 aromatic carbocycles. The van der Waals surface area contributed by atoms with Crippen molar-refractivity contribution in [1.29, 1.82) is 0 Å². The highest BCUT2D eigenvalue weighted by atomic mass is 16.5. The fraction of sp³-hybridized carbons (Fsp3) is 0.857. The molecule has 2 atom stereocenters. The second-order valence-electron chi connectivity index (χ2n) is 5.88. The van der Waals surface area contributed by atoms with E-state index in [1.165, 1.54) is 44.9 Å². The normalized spacial score (nSPS) is 31.5. The van der Waals surface area contributed by atoms with Gasteiger partial charge in [0.05, 0.1) is 6.54 Å². The maximum atomic E-state index is 4.85. The van der Waals surface area contributed by atoms with Gasteiger partial charge in [-0.25, -0.2) is 0 Å². The van der Waals surface area contributed by atoms with Gasteiger partial charge < -0.3 is 9.84 Å². The number of nitrogens with one attached hydrogen (secondary N) is 1. The molecule has 0 saturated carbocycles. The van der Waals surface area contributed by atoms with Crippen LogP contribution in [0.3, 0.4) is 0 Å². The fourth-order valence-electron chi connectivity index (χ4n) is 3.68. The summed E-state index contributed by atoms with van der Waals surface area (Å²) in [7, 11) is 0. The van der Waals surface area contributed by atoms with Crippen molar-refractivity contribution in [3.05, 3.63) is 12.2 Å². The first-order chi connectivity index (χ1) is 9.36. The highest BCUT2D eigenvalue weighted by Gasteiger charge is 2.38. The van der Waals surface area contributed by atoms with E-state index in [0.717, 1.165) is 18.9 Å². The van der Waals surface area contributed by atoms with E-state index in [9.17, 15) is 0 Å². The van der Waals surface area contributed by atoms with Crippen molar-refractivity contribution >= 4 is 0 Å². The van der Waals surface area contributed by atoms with Crippen molar-refractivity contribution in [2.24, 2.45) is 0 Å². The fourth-order valence-corrected chi connectivity index (χ4v) is 3.68. The molecule has 0 radical (unpaired) electrons. The van der Waals surface area contributed by atoms with E-state index in [1.807, 2.05) is 0 Å². The van der Waals surface area contributed by atoms with E-state index < -0.39 is 0 Å². The largest absolute Gasteiger partial charge is 0.343 e. The van der Waals surface area contributed by atoms with E-state index in [0.29, 0.717) is 18.1 Å². The van der Waals surface area contributed by atoms with Crippen LogP contribution in [0.5, 0.6) is 0 Å². The molecule has 3 rings (SSSR count). The Kier molecular flexibility index (Phi) is 4.13. The van der Waals surface area contributed by atoms with Crippen LogP contribution in [-0.2, 0) is 6.54 Å². The molecule has 1 aromatic heterocycles. The molecule has 2 unspecified atom stereocenters. The lowest BCUT2D eigenvalue weighted by Gasteiger charge is -2.48. The first kappa shape index (κ1) is 13.1. The summed E-state index contributed by atoms with van der Waals surface area (Å²) in [4.78, 5) is 6.78. The lowest BCUT2D eigenvalue weighted by Crippen LogP contribution is -2.55. The third kappa shape index (κ3) is 2.98. The first-order valence-electron chi connectivity index (χ1n) is 7.61. The maximum Gasteiger partial charge on any atom is 0.213 e. The minimum atomic E-state index is 0.695. The summed E-state index contributed by atoms with van der Waals surface area (Å²) < 4.78 is 4.85. The first-order valence-corrected chi connectivity index (χ1v) is 7.61. The highest BCUT2D eigenvalue weighted by molar-refractivity contribution is 4.96. The number of aromatic nitrogens is 2. The van der Waals surface area contributed by atoms with Gasteiger partial charge in [-0.05, 0) is 38.6 Å².